The summed E-state index contributed by atoms with van der Waals surface area (Å²) < 4.78 is 6.59. The first-order valence-corrected chi connectivity index (χ1v) is 16.0. The Morgan fingerprint density at radius 3 is 2.77 bits per heavy atom. The molecule has 3 N–H and O–H groups in total. The van der Waals surface area contributed by atoms with E-state index in [4.69, 9.17) is 16.3 Å². The molecule has 0 radical (unpaired) electrons. The van der Waals surface area contributed by atoms with E-state index in [0.29, 0.717) is 43.3 Å². The van der Waals surface area contributed by atoms with Gasteiger partial charge >= 0.3 is 5.97 Å². The third-order valence-corrected chi connectivity index (χ3v) is 10.7. The third kappa shape index (κ3) is 5.67. The molecule has 5 atom stereocenters. The van der Waals surface area contributed by atoms with Gasteiger partial charge in [0.15, 0.2) is 5.60 Å². The molecule has 0 amide bonds. The normalized spacial score (nSPS) is 32.0. The van der Waals surface area contributed by atoms with Gasteiger partial charge in [-0.05, 0) is 97.7 Å². The number of allylic oxidation sites excluding steroid dienone is 1. The van der Waals surface area contributed by atoms with Crippen LogP contribution in [-0.2, 0) is 22.2 Å². The number of ether oxygens (including phenoxy) is 1. The summed E-state index contributed by atoms with van der Waals surface area (Å²) in [5, 5.41) is 33.9. The van der Waals surface area contributed by atoms with E-state index in [9.17, 15) is 20.1 Å². The number of aliphatic hydroxyl groups is 2. The van der Waals surface area contributed by atoms with Crippen molar-refractivity contribution in [3.8, 4) is 5.75 Å². The molecule has 2 aromatic carbocycles. The van der Waals surface area contributed by atoms with Gasteiger partial charge in [-0.1, -0.05) is 42.5 Å². The van der Waals surface area contributed by atoms with Gasteiger partial charge < -0.3 is 29.9 Å². The standard InChI is InChI=1S/C35H43ClN2O5/c1-23-19-35(42,33(40)41)26-10-14-32-30(18-26)38(20-25-9-12-28(25)31(39)8-4-3-5-16-37(23)2)21-34(22-43-32)15-6-7-24-17-27(36)11-13-29(24)34/h4,8,10-11,13-14,17-18,25,28,31,39,42H,1,3,5-7,9,12,15-16,19-22H2,2H3,(H,40,41)/b8-4+/t25-,28+,31-,34-,35-/m0/s1. The van der Waals surface area contributed by atoms with Crippen LogP contribution in [0.5, 0.6) is 5.75 Å². The number of benzene rings is 2. The Bertz CT molecular complexity index is 1430. The first-order chi connectivity index (χ1) is 20.6. The summed E-state index contributed by atoms with van der Waals surface area (Å²) in [4.78, 5) is 16.9. The van der Waals surface area contributed by atoms with Gasteiger partial charge in [-0.15, -0.1) is 0 Å². The number of aliphatic carboxylic acids is 1. The molecule has 1 saturated carbocycles. The molecule has 2 aliphatic heterocycles. The number of carboxylic acid groups (broad SMARTS) is 1. The first-order valence-electron chi connectivity index (χ1n) is 15.6. The van der Waals surface area contributed by atoms with Crippen molar-refractivity contribution in [2.45, 2.75) is 68.5 Å². The van der Waals surface area contributed by atoms with Crippen LogP contribution in [0.3, 0.4) is 0 Å². The number of hydrogen-bond acceptors (Lipinski definition) is 6. The minimum atomic E-state index is -2.15. The molecule has 7 nitrogen and oxygen atoms in total. The number of anilines is 1. The molecule has 8 heteroatoms. The summed E-state index contributed by atoms with van der Waals surface area (Å²) in [6, 6.07) is 11.5. The number of aryl methyl sites for hydroxylation is 1. The summed E-state index contributed by atoms with van der Waals surface area (Å²) in [5.74, 6) is -0.186. The van der Waals surface area contributed by atoms with Gasteiger partial charge in [0.25, 0.3) is 0 Å². The van der Waals surface area contributed by atoms with Crippen molar-refractivity contribution >= 4 is 23.3 Å². The Kier molecular flexibility index (Phi) is 8.26. The molecule has 6 rings (SSSR count). The van der Waals surface area contributed by atoms with E-state index in [2.05, 4.69) is 29.7 Å². The van der Waals surface area contributed by atoms with Crippen LogP contribution in [-0.4, -0.2) is 65.6 Å². The highest BCUT2D eigenvalue weighted by Crippen LogP contribution is 2.47. The van der Waals surface area contributed by atoms with E-state index in [1.165, 1.54) is 11.1 Å². The molecule has 2 aliphatic carbocycles. The van der Waals surface area contributed by atoms with Crippen LogP contribution in [0.1, 0.15) is 61.6 Å². The fourth-order valence-corrected chi connectivity index (χ4v) is 7.83. The lowest BCUT2D eigenvalue weighted by Gasteiger charge is -2.45. The van der Waals surface area contributed by atoms with Gasteiger partial charge in [-0.2, -0.15) is 0 Å². The van der Waals surface area contributed by atoms with E-state index in [1.54, 1.807) is 6.07 Å². The molecule has 43 heavy (non-hydrogen) atoms. The highest BCUT2D eigenvalue weighted by atomic mass is 35.5. The molecular formula is C35H43ClN2O5. The van der Waals surface area contributed by atoms with Crippen molar-refractivity contribution in [2.24, 2.45) is 11.8 Å². The van der Waals surface area contributed by atoms with Crippen molar-refractivity contribution in [1.29, 1.82) is 0 Å². The molecule has 0 unspecified atom stereocenters. The van der Waals surface area contributed by atoms with Gasteiger partial charge in [-0.3, -0.25) is 0 Å². The quantitative estimate of drug-likeness (QED) is 0.361. The minimum Gasteiger partial charge on any atom is -0.490 e. The Morgan fingerprint density at radius 1 is 1.16 bits per heavy atom. The fraction of sp³-hybridized carbons (Fsp3) is 0.514. The second-order valence-corrected chi connectivity index (χ2v) is 13.6. The number of carboxylic acids is 1. The number of carbonyl (C=O) groups is 1. The number of rotatable bonds is 1. The molecule has 0 aromatic heterocycles. The Labute approximate surface area is 259 Å². The molecule has 2 bridgehead atoms. The van der Waals surface area contributed by atoms with Crippen molar-refractivity contribution < 1.29 is 24.9 Å². The van der Waals surface area contributed by atoms with Crippen LogP contribution >= 0.6 is 11.6 Å². The topological polar surface area (TPSA) is 93.5 Å². The summed E-state index contributed by atoms with van der Waals surface area (Å²) in [6.45, 7) is 6.69. The van der Waals surface area contributed by atoms with E-state index in [1.807, 2.05) is 36.2 Å². The SMILES string of the molecule is C=C1C[C@@](O)(C(=O)O)c2ccc3c(c2)N(C[C@@H]2CC[C@H]2[C@@H](O)/C=C/CCCN1C)C[C@@]1(CCCc2cc(Cl)ccc21)CO3. The van der Waals surface area contributed by atoms with Crippen LogP contribution in [0.2, 0.25) is 5.02 Å². The predicted molar refractivity (Wildman–Crippen MR) is 169 cm³/mol. The summed E-state index contributed by atoms with van der Waals surface area (Å²) >= 11 is 6.41. The summed E-state index contributed by atoms with van der Waals surface area (Å²) in [6.07, 6.45) is 9.96. The third-order valence-electron chi connectivity index (χ3n) is 10.4. The lowest BCUT2D eigenvalue weighted by atomic mass is 9.68. The summed E-state index contributed by atoms with van der Waals surface area (Å²) in [5.41, 5.74) is 1.74. The lowest BCUT2D eigenvalue weighted by molar-refractivity contribution is -0.160. The molecule has 230 valence electrons. The fourth-order valence-electron chi connectivity index (χ4n) is 7.64. The maximum Gasteiger partial charge on any atom is 0.340 e. The van der Waals surface area contributed by atoms with Crippen LogP contribution in [0.4, 0.5) is 5.69 Å². The largest absolute Gasteiger partial charge is 0.490 e. The molecule has 1 spiro atoms. The highest BCUT2D eigenvalue weighted by Gasteiger charge is 2.45. The van der Waals surface area contributed by atoms with E-state index in [0.717, 1.165) is 55.7 Å². The monoisotopic (exact) mass is 606 g/mol. The van der Waals surface area contributed by atoms with Crippen molar-refractivity contribution in [3.05, 3.63) is 82.5 Å². The van der Waals surface area contributed by atoms with Crippen LogP contribution in [0.25, 0.3) is 0 Å². The van der Waals surface area contributed by atoms with Crippen LogP contribution < -0.4 is 9.64 Å². The maximum absolute atomic E-state index is 12.7. The minimum absolute atomic E-state index is 0.129. The molecule has 0 saturated heterocycles. The van der Waals surface area contributed by atoms with Crippen molar-refractivity contribution in [3.63, 3.8) is 0 Å². The zero-order valence-electron chi connectivity index (χ0n) is 25.0. The van der Waals surface area contributed by atoms with Crippen molar-refractivity contribution in [2.75, 3.05) is 38.2 Å². The molecule has 1 fully saturated rings. The molecule has 2 aromatic rings. The lowest BCUT2D eigenvalue weighted by Crippen LogP contribution is -2.49. The first kappa shape index (κ1) is 30.0. The molecule has 4 aliphatic rings. The van der Waals surface area contributed by atoms with Crippen LogP contribution in [0, 0.1) is 11.8 Å². The smallest absolute Gasteiger partial charge is 0.340 e. The van der Waals surface area contributed by atoms with Gasteiger partial charge in [-0.25, -0.2) is 4.79 Å². The second kappa shape index (κ2) is 11.8. The molecule has 2 heterocycles. The zero-order valence-corrected chi connectivity index (χ0v) is 25.7. The Hall–Kier alpha value is -3.00. The Balaban J connectivity index is 1.45. The maximum atomic E-state index is 12.7. The average molecular weight is 607 g/mol. The highest BCUT2D eigenvalue weighted by molar-refractivity contribution is 6.30. The number of nitrogens with zero attached hydrogens (tertiary/aromatic N) is 2. The van der Waals surface area contributed by atoms with Gasteiger partial charge in [0, 0.05) is 49.2 Å². The van der Waals surface area contributed by atoms with Gasteiger partial charge in [0.05, 0.1) is 18.4 Å². The average Bonchev–Trinajstić information content (AvgIpc) is 3.11. The summed E-state index contributed by atoms with van der Waals surface area (Å²) in [7, 11) is 1.87. The number of halogens is 1. The zero-order chi connectivity index (χ0) is 30.4. The second-order valence-electron chi connectivity index (χ2n) is 13.2. The van der Waals surface area contributed by atoms with E-state index < -0.39 is 17.7 Å². The Morgan fingerprint density at radius 2 is 2.00 bits per heavy atom. The van der Waals surface area contributed by atoms with E-state index >= 15 is 0 Å². The van der Waals surface area contributed by atoms with Crippen LogP contribution in [0.15, 0.2) is 60.8 Å². The molecular weight excluding hydrogens is 564 g/mol. The predicted octanol–water partition coefficient (Wildman–Crippen LogP) is 5.66. The number of hydrogen-bond donors (Lipinski definition) is 3. The number of aliphatic hydroxyl groups excluding tert-OH is 1. The van der Waals surface area contributed by atoms with Crippen molar-refractivity contribution in [1.82, 2.24) is 4.90 Å². The van der Waals surface area contributed by atoms with E-state index in [-0.39, 0.29) is 23.7 Å². The van der Waals surface area contributed by atoms with Gasteiger partial charge in [0.1, 0.15) is 5.75 Å². The number of fused-ring (bicyclic) bond motifs is 4. The van der Waals surface area contributed by atoms with Gasteiger partial charge in [0.2, 0.25) is 0 Å².